The molecule has 2 rings (SSSR count). The predicted octanol–water partition coefficient (Wildman–Crippen LogP) is 2.95. The zero-order valence-electron chi connectivity index (χ0n) is 10.1. The molecule has 2 heterocycles. The highest BCUT2D eigenvalue weighted by Crippen LogP contribution is 2.21. The lowest BCUT2D eigenvalue weighted by Gasteiger charge is -2.16. The van der Waals surface area contributed by atoms with Gasteiger partial charge in [-0.25, -0.2) is 4.98 Å². The van der Waals surface area contributed by atoms with Crippen LogP contribution in [0.4, 0.5) is 5.69 Å². The minimum absolute atomic E-state index is 0.171. The quantitative estimate of drug-likeness (QED) is 0.852. The molecule has 0 amide bonds. The Hall–Kier alpha value is -1.55. The van der Waals surface area contributed by atoms with Gasteiger partial charge in [-0.15, -0.1) is 0 Å². The highest BCUT2D eigenvalue weighted by molar-refractivity contribution is 6.29. The SMILES string of the molecule is Cc1nc(Cl)ccc1NC(C)c1ccnn1C. The van der Waals surface area contributed by atoms with Crippen LogP contribution in [0.3, 0.4) is 0 Å². The number of anilines is 1. The maximum Gasteiger partial charge on any atom is 0.129 e. The van der Waals surface area contributed by atoms with Crippen molar-refractivity contribution < 1.29 is 0 Å². The molecule has 1 atom stereocenters. The highest BCUT2D eigenvalue weighted by atomic mass is 35.5. The Labute approximate surface area is 106 Å². The van der Waals surface area contributed by atoms with E-state index in [9.17, 15) is 0 Å². The molecule has 0 aliphatic heterocycles. The molecule has 0 bridgehead atoms. The topological polar surface area (TPSA) is 42.7 Å². The zero-order valence-corrected chi connectivity index (χ0v) is 10.9. The van der Waals surface area contributed by atoms with E-state index in [1.165, 1.54) is 0 Å². The number of rotatable bonds is 3. The van der Waals surface area contributed by atoms with Crippen LogP contribution in [0.25, 0.3) is 0 Å². The summed E-state index contributed by atoms with van der Waals surface area (Å²) >= 11 is 5.83. The van der Waals surface area contributed by atoms with Crippen molar-refractivity contribution >= 4 is 17.3 Å². The van der Waals surface area contributed by atoms with Gasteiger partial charge in [0.2, 0.25) is 0 Å². The first-order chi connectivity index (χ1) is 8.08. The fourth-order valence-electron chi connectivity index (χ4n) is 1.80. The fourth-order valence-corrected chi connectivity index (χ4v) is 1.99. The van der Waals surface area contributed by atoms with Gasteiger partial charge in [-0.2, -0.15) is 5.10 Å². The van der Waals surface area contributed by atoms with E-state index in [2.05, 4.69) is 22.3 Å². The number of halogens is 1. The molecule has 90 valence electrons. The molecule has 0 aliphatic rings. The highest BCUT2D eigenvalue weighted by Gasteiger charge is 2.10. The van der Waals surface area contributed by atoms with Crippen LogP contribution in [0.2, 0.25) is 5.15 Å². The molecule has 1 unspecified atom stereocenters. The van der Waals surface area contributed by atoms with Gasteiger partial charge in [-0.1, -0.05) is 11.6 Å². The number of hydrogen-bond acceptors (Lipinski definition) is 3. The van der Waals surface area contributed by atoms with E-state index in [0.29, 0.717) is 5.15 Å². The summed E-state index contributed by atoms with van der Waals surface area (Å²) in [6, 6.07) is 5.89. The summed E-state index contributed by atoms with van der Waals surface area (Å²) in [7, 11) is 1.93. The van der Waals surface area contributed by atoms with Gasteiger partial charge in [0, 0.05) is 13.2 Å². The molecule has 2 aromatic heterocycles. The predicted molar refractivity (Wildman–Crippen MR) is 69.2 cm³/mol. The third kappa shape index (κ3) is 2.58. The Balaban J connectivity index is 2.19. The van der Waals surface area contributed by atoms with Crippen molar-refractivity contribution in [2.45, 2.75) is 19.9 Å². The molecule has 0 fully saturated rings. The van der Waals surface area contributed by atoms with Crippen molar-refractivity contribution in [2.75, 3.05) is 5.32 Å². The van der Waals surface area contributed by atoms with Crippen LogP contribution < -0.4 is 5.32 Å². The minimum atomic E-state index is 0.171. The second-order valence-electron chi connectivity index (χ2n) is 4.01. The molecule has 2 aromatic rings. The Morgan fingerprint density at radius 1 is 1.35 bits per heavy atom. The number of nitrogens with one attached hydrogen (secondary N) is 1. The summed E-state index contributed by atoms with van der Waals surface area (Å²) < 4.78 is 1.86. The molecule has 1 N–H and O–H groups in total. The van der Waals surface area contributed by atoms with Crippen molar-refractivity contribution in [2.24, 2.45) is 7.05 Å². The van der Waals surface area contributed by atoms with Crippen molar-refractivity contribution in [3.05, 3.63) is 40.9 Å². The number of aromatic nitrogens is 3. The molecule has 17 heavy (non-hydrogen) atoms. The van der Waals surface area contributed by atoms with E-state index in [-0.39, 0.29) is 6.04 Å². The van der Waals surface area contributed by atoms with Crippen LogP contribution in [0.1, 0.15) is 24.4 Å². The van der Waals surface area contributed by atoms with Crippen molar-refractivity contribution in [1.82, 2.24) is 14.8 Å². The van der Waals surface area contributed by atoms with Crippen LogP contribution >= 0.6 is 11.6 Å². The maximum absolute atomic E-state index is 5.83. The first-order valence-corrected chi connectivity index (χ1v) is 5.83. The molecule has 0 aliphatic carbocycles. The van der Waals surface area contributed by atoms with E-state index in [4.69, 9.17) is 11.6 Å². The summed E-state index contributed by atoms with van der Waals surface area (Å²) in [5.41, 5.74) is 3.01. The van der Waals surface area contributed by atoms with E-state index >= 15 is 0 Å². The van der Waals surface area contributed by atoms with Crippen molar-refractivity contribution in [1.29, 1.82) is 0 Å². The first-order valence-electron chi connectivity index (χ1n) is 5.45. The summed E-state index contributed by atoms with van der Waals surface area (Å²) in [6.45, 7) is 4.02. The average molecular weight is 251 g/mol. The summed E-state index contributed by atoms with van der Waals surface area (Å²) in [5, 5.41) is 8.07. The number of aryl methyl sites for hydroxylation is 2. The van der Waals surface area contributed by atoms with Gasteiger partial charge >= 0.3 is 0 Å². The van der Waals surface area contributed by atoms with Crippen molar-refractivity contribution in [3.63, 3.8) is 0 Å². The van der Waals surface area contributed by atoms with Crippen LogP contribution in [0.15, 0.2) is 24.4 Å². The van der Waals surface area contributed by atoms with Gasteiger partial charge < -0.3 is 5.32 Å². The molecular formula is C12H15ClN4. The van der Waals surface area contributed by atoms with Gasteiger partial charge in [0.25, 0.3) is 0 Å². The van der Waals surface area contributed by atoms with Crippen LogP contribution in [-0.4, -0.2) is 14.8 Å². The van der Waals surface area contributed by atoms with E-state index in [0.717, 1.165) is 17.1 Å². The van der Waals surface area contributed by atoms with Crippen molar-refractivity contribution in [3.8, 4) is 0 Å². The average Bonchev–Trinajstić information content (AvgIpc) is 2.68. The van der Waals surface area contributed by atoms with E-state index in [1.807, 2.05) is 30.8 Å². The zero-order chi connectivity index (χ0) is 12.4. The molecule has 0 radical (unpaired) electrons. The molecule has 0 saturated carbocycles. The summed E-state index contributed by atoms with van der Waals surface area (Å²) in [6.07, 6.45) is 1.79. The third-order valence-electron chi connectivity index (χ3n) is 2.73. The second-order valence-corrected chi connectivity index (χ2v) is 4.40. The molecular weight excluding hydrogens is 236 g/mol. The Kier molecular flexibility index (Phi) is 3.33. The minimum Gasteiger partial charge on any atom is -0.375 e. The Bertz CT molecular complexity index is 521. The molecule has 0 aromatic carbocycles. The normalized spacial score (nSPS) is 12.5. The van der Waals surface area contributed by atoms with Gasteiger partial charge in [0.15, 0.2) is 0 Å². The van der Waals surface area contributed by atoms with Gasteiger partial charge in [0.05, 0.1) is 23.1 Å². The Morgan fingerprint density at radius 2 is 2.12 bits per heavy atom. The smallest absolute Gasteiger partial charge is 0.129 e. The van der Waals surface area contributed by atoms with Crippen LogP contribution in [-0.2, 0) is 7.05 Å². The van der Waals surface area contributed by atoms with Gasteiger partial charge in [-0.3, -0.25) is 4.68 Å². The number of hydrogen-bond donors (Lipinski definition) is 1. The third-order valence-corrected chi connectivity index (χ3v) is 2.94. The fraction of sp³-hybridized carbons (Fsp3) is 0.333. The summed E-state index contributed by atoms with van der Waals surface area (Å²) in [4.78, 5) is 4.21. The molecule has 4 nitrogen and oxygen atoms in total. The van der Waals surface area contributed by atoms with Gasteiger partial charge in [-0.05, 0) is 32.0 Å². The largest absolute Gasteiger partial charge is 0.375 e. The lowest BCUT2D eigenvalue weighted by molar-refractivity contribution is 0.675. The maximum atomic E-state index is 5.83. The van der Waals surface area contributed by atoms with Crippen LogP contribution in [0, 0.1) is 6.92 Å². The lowest BCUT2D eigenvalue weighted by Crippen LogP contribution is -2.12. The van der Waals surface area contributed by atoms with Gasteiger partial charge in [0.1, 0.15) is 5.15 Å². The number of pyridine rings is 1. The second kappa shape index (κ2) is 4.75. The molecule has 5 heteroatoms. The molecule has 0 spiro atoms. The number of nitrogens with zero attached hydrogens (tertiary/aromatic N) is 3. The lowest BCUT2D eigenvalue weighted by atomic mass is 10.2. The van der Waals surface area contributed by atoms with Crippen LogP contribution in [0.5, 0.6) is 0 Å². The standard InChI is InChI=1S/C12H15ClN4/c1-8-10(4-5-12(13)16-8)15-9(2)11-6-7-14-17(11)3/h4-7,9,15H,1-3H3. The Morgan fingerprint density at radius 3 is 2.71 bits per heavy atom. The van der Waals surface area contributed by atoms with E-state index in [1.54, 1.807) is 12.3 Å². The monoisotopic (exact) mass is 250 g/mol. The van der Waals surface area contributed by atoms with E-state index < -0.39 is 0 Å². The summed E-state index contributed by atoms with van der Waals surface area (Å²) in [5.74, 6) is 0. The molecule has 0 saturated heterocycles. The first kappa shape index (κ1) is 11.9.